The Bertz CT molecular complexity index is 928. The zero-order chi connectivity index (χ0) is 17.4. The number of ether oxygens (including phenoxy) is 2. The number of aromatic amines is 1. The van der Waals surface area contributed by atoms with Gasteiger partial charge in [-0.15, -0.1) is 0 Å². The number of hydrogen-bond donors (Lipinski definition) is 1. The molecule has 4 rings (SSSR count). The number of aromatic nitrogens is 1. The van der Waals surface area contributed by atoms with Gasteiger partial charge >= 0.3 is 0 Å². The molecule has 0 aliphatic carbocycles. The minimum Gasteiger partial charge on any atom is -0.497 e. The molecule has 1 amide bonds. The first-order valence-corrected chi connectivity index (χ1v) is 8.31. The quantitative estimate of drug-likeness (QED) is 0.798. The fourth-order valence-corrected chi connectivity index (χ4v) is 3.47. The molecule has 2 heterocycles. The average molecular weight is 336 g/mol. The SMILES string of the molecule is COc1ccc(C(=O)N2CCc3[nH]c4c(OC)cccc4c3C2)cc1. The molecule has 1 aliphatic rings. The third-order valence-corrected chi connectivity index (χ3v) is 4.82. The van der Waals surface area contributed by atoms with Gasteiger partial charge in [0.1, 0.15) is 11.5 Å². The maximum atomic E-state index is 12.8. The Labute approximate surface area is 146 Å². The highest BCUT2D eigenvalue weighted by Gasteiger charge is 2.25. The summed E-state index contributed by atoms with van der Waals surface area (Å²) in [6, 6.07) is 13.3. The fraction of sp³-hybridized carbons (Fsp3) is 0.250. The van der Waals surface area contributed by atoms with Gasteiger partial charge in [-0.25, -0.2) is 0 Å². The Hall–Kier alpha value is -2.95. The smallest absolute Gasteiger partial charge is 0.254 e. The summed E-state index contributed by atoms with van der Waals surface area (Å²) in [5.41, 5.74) is 4.07. The van der Waals surface area contributed by atoms with Crippen molar-refractivity contribution in [3.05, 3.63) is 59.3 Å². The fourth-order valence-electron chi connectivity index (χ4n) is 3.47. The largest absolute Gasteiger partial charge is 0.497 e. The van der Waals surface area contributed by atoms with Crippen LogP contribution in [0.25, 0.3) is 10.9 Å². The van der Waals surface area contributed by atoms with E-state index in [0.717, 1.165) is 28.8 Å². The first kappa shape index (κ1) is 15.6. The molecule has 0 saturated carbocycles. The number of amides is 1. The Morgan fingerprint density at radius 3 is 2.60 bits per heavy atom. The van der Waals surface area contributed by atoms with E-state index in [1.807, 2.05) is 41.3 Å². The first-order valence-electron chi connectivity index (χ1n) is 8.31. The van der Waals surface area contributed by atoms with E-state index in [9.17, 15) is 4.79 Å². The zero-order valence-corrected chi connectivity index (χ0v) is 14.3. The molecule has 0 bridgehead atoms. The minimum absolute atomic E-state index is 0.0468. The monoisotopic (exact) mass is 336 g/mol. The lowest BCUT2D eigenvalue weighted by atomic mass is 10.0. The van der Waals surface area contributed by atoms with Gasteiger partial charge in [0.2, 0.25) is 0 Å². The lowest BCUT2D eigenvalue weighted by Crippen LogP contribution is -2.35. The molecule has 5 nitrogen and oxygen atoms in total. The molecule has 1 aromatic heterocycles. The number of carbonyl (C=O) groups excluding carboxylic acids is 1. The normalized spacial score (nSPS) is 13.6. The van der Waals surface area contributed by atoms with Gasteiger partial charge in [-0.2, -0.15) is 0 Å². The average Bonchev–Trinajstić information content (AvgIpc) is 3.05. The van der Waals surface area contributed by atoms with E-state index in [1.54, 1.807) is 14.2 Å². The maximum absolute atomic E-state index is 12.8. The Balaban J connectivity index is 1.64. The lowest BCUT2D eigenvalue weighted by Gasteiger charge is -2.27. The number of methoxy groups -OCH3 is 2. The van der Waals surface area contributed by atoms with Crippen molar-refractivity contribution in [2.24, 2.45) is 0 Å². The van der Waals surface area contributed by atoms with E-state index in [2.05, 4.69) is 11.1 Å². The highest BCUT2D eigenvalue weighted by Crippen LogP contribution is 2.33. The van der Waals surface area contributed by atoms with E-state index < -0.39 is 0 Å². The lowest BCUT2D eigenvalue weighted by molar-refractivity contribution is 0.0735. The highest BCUT2D eigenvalue weighted by atomic mass is 16.5. The summed E-state index contributed by atoms with van der Waals surface area (Å²) in [6.45, 7) is 1.31. The Kier molecular flexibility index (Phi) is 3.84. The second-order valence-electron chi connectivity index (χ2n) is 6.17. The molecule has 0 fully saturated rings. The topological polar surface area (TPSA) is 54.6 Å². The summed E-state index contributed by atoms with van der Waals surface area (Å²) in [7, 11) is 3.29. The van der Waals surface area contributed by atoms with Crippen LogP contribution in [-0.4, -0.2) is 36.6 Å². The number of H-pyrrole nitrogens is 1. The summed E-state index contributed by atoms with van der Waals surface area (Å²) in [5.74, 6) is 1.63. The third kappa shape index (κ3) is 2.61. The number of rotatable bonds is 3. The molecule has 5 heteroatoms. The standard InChI is InChI=1S/C20H20N2O3/c1-24-14-8-6-13(7-9-14)20(23)22-11-10-17-16(12-22)15-4-3-5-18(25-2)19(15)21-17/h3-9,21H,10-12H2,1-2H3. The number of nitrogens with zero attached hydrogens (tertiary/aromatic N) is 1. The number of fused-ring (bicyclic) bond motifs is 3. The second kappa shape index (κ2) is 6.16. The molecule has 0 spiro atoms. The number of hydrogen-bond acceptors (Lipinski definition) is 3. The Morgan fingerprint density at radius 2 is 1.88 bits per heavy atom. The number of benzene rings is 2. The molecular weight excluding hydrogens is 316 g/mol. The van der Waals surface area contributed by atoms with Gasteiger partial charge in [-0.3, -0.25) is 4.79 Å². The van der Waals surface area contributed by atoms with Gasteiger partial charge in [-0.05, 0) is 30.3 Å². The predicted molar refractivity (Wildman–Crippen MR) is 96.3 cm³/mol. The van der Waals surface area contributed by atoms with Crippen molar-refractivity contribution in [2.45, 2.75) is 13.0 Å². The van der Waals surface area contributed by atoms with E-state index in [4.69, 9.17) is 9.47 Å². The Morgan fingerprint density at radius 1 is 1.08 bits per heavy atom. The number of para-hydroxylation sites is 1. The van der Waals surface area contributed by atoms with Crippen molar-refractivity contribution in [1.82, 2.24) is 9.88 Å². The van der Waals surface area contributed by atoms with Crippen LogP contribution in [0, 0.1) is 0 Å². The van der Waals surface area contributed by atoms with Crippen LogP contribution < -0.4 is 9.47 Å². The third-order valence-electron chi connectivity index (χ3n) is 4.82. The van der Waals surface area contributed by atoms with E-state index >= 15 is 0 Å². The van der Waals surface area contributed by atoms with Crippen LogP contribution in [0.5, 0.6) is 11.5 Å². The summed E-state index contributed by atoms with van der Waals surface area (Å²) < 4.78 is 10.6. The van der Waals surface area contributed by atoms with Crippen LogP contribution in [0.2, 0.25) is 0 Å². The van der Waals surface area contributed by atoms with Gasteiger partial charge in [0.25, 0.3) is 5.91 Å². The van der Waals surface area contributed by atoms with Crippen molar-refractivity contribution < 1.29 is 14.3 Å². The van der Waals surface area contributed by atoms with Crippen LogP contribution >= 0.6 is 0 Å². The molecule has 25 heavy (non-hydrogen) atoms. The first-order chi connectivity index (χ1) is 12.2. The number of nitrogens with one attached hydrogen (secondary N) is 1. The van der Waals surface area contributed by atoms with Crippen LogP contribution in [0.4, 0.5) is 0 Å². The van der Waals surface area contributed by atoms with E-state index in [0.29, 0.717) is 18.7 Å². The van der Waals surface area contributed by atoms with Gasteiger partial charge < -0.3 is 19.4 Å². The molecule has 1 aliphatic heterocycles. The van der Waals surface area contributed by atoms with Crippen molar-refractivity contribution in [1.29, 1.82) is 0 Å². The summed E-state index contributed by atoms with van der Waals surface area (Å²) >= 11 is 0. The van der Waals surface area contributed by atoms with Crippen LogP contribution in [-0.2, 0) is 13.0 Å². The molecular formula is C20H20N2O3. The van der Waals surface area contributed by atoms with Crippen molar-refractivity contribution >= 4 is 16.8 Å². The molecule has 0 atom stereocenters. The zero-order valence-electron chi connectivity index (χ0n) is 14.3. The van der Waals surface area contributed by atoms with Crippen molar-refractivity contribution in [2.75, 3.05) is 20.8 Å². The van der Waals surface area contributed by atoms with E-state index in [1.165, 1.54) is 11.3 Å². The molecule has 0 saturated heterocycles. The van der Waals surface area contributed by atoms with Crippen LogP contribution in [0.1, 0.15) is 21.6 Å². The van der Waals surface area contributed by atoms with Crippen molar-refractivity contribution in [3.8, 4) is 11.5 Å². The van der Waals surface area contributed by atoms with Gasteiger partial charge in [0, 0.05) is 41.7 Å². The van der Waals surface area contributed by atoms with E-state index in [-0.39, 0.29) is 5.91 Å². The molecule has 0 unspecified atom stereocenters. The van der Waals surface area contributed by atoms with Crippen LogP contribution in [0.3, 0.4) is 0 Å². The molecule has 2 aromatic carbocycles. The highest BCUT2D eigenvalue weighted by molar-refractivity contribution is 5.95. The minimum atomic E-state index is 0.0468. The van der Waals surface area contributed by atoms with Crippen molar-refractivity contribution in [3.63, 3.8) is 0 Å². The summed E-state index contributed by atoms with van der Waals surface area (Å²) in [5, 5.41) is 1.13. The summed E-state index contributed by atoms with van der Waals surface area (Å²) in [6.07, 6.45) is 0.815. The molecule has 0 radical (unpaired) electrons. The van der Waals surface area contributed by atoms with Crippen LogP contribution in [0.15, 0.2) is 42.5 Å². The molecule has 128 valence electrons. The predicted octanol–water partition coefficient (Wildman–Crippen LogP) is 3.38. The van der Waals surface area contributed by atoms with Gasteiger partial charge in [0.15, 0.2) is 0 Å². The maximum Gasteiger partial charge on any atom is 0.254 e. The number of carbonyl (C=O) groups is 1. The second-order valence-corrected chi connectivity index (χ2v) is 6.17. The molecule has 1 N–H and O–H groups in total. The van der Waals surface area contributed by atoms with Gasteiger partial charge in [-0.1, -0.05) is 12.1 Å². The van der Waals surface area contributed by atoms with Gasteiger partial charge in [0.05, 0.1) is 19.7 Å². The molecule has 3 aromatic rings. The summed E-state index contributed by atoms with van der Waals surface area (Å²) in [4.78, 5) is 18.2.